The van der Waals surface area contributed by atoms with Gasteiger partial charge in [-0.05, 0) is 56.2 Å². The van der Waals surface area contributed by atoms with E-state index in [1.807, 2.05) is 20.8 Å². The molecule has 0 aromatic rings. The third-order valence-electron chi connectivity index (χ3n) is 11.4. The number of ketones is 1. The number of hydrogen-bond acceptors (Lipinski definition) is 5. The molecule has 52 heavy (non-hydrogen) atoms. The minimum absolute atomic E-state index is 0.0745. The summed E-state index contributed by atoms with van der Waals surface area (Å²) in [7, 11) is -5.82. The summed E-state index contributed by atoms with van der Waals surface area (Å²) in [5.74, 6) is 6.04. The summed E-state index contributed by atoms with van der Waals surface area (Å²) < 4.78 is 21.0. The van der Waals surface area contributed by atoms with E-state index in [1.54, 1.807) is 0 Å². The van der Waals surface area contributed by atoms with Crippen LogP contribution in [0, 0.1) is 29.1 Å². The molecule has 0 bridgehead atoms. The number of carbonyl (C=O) groups is 2. The normalized spacial score (nSPS) is 15.0. The van der Waals surface area contributed by atoms with Crippen LogP contribution in [-0.4, -0.2) is 55.3 Å². The molecule has 0 amide bonds. The lowest BCUT2D eigenvalue weighted by Crippen LogP contribution is -2.53. The lowest BCUT2D eigenvalue weighted by Gasteiger charge is -2.44. The van der Waals surface area contributed by atoms with Crippen molar-refractivity contribution in [3.63, 3.8) is 0 Å². The van der Waals surface area contributed by atoms with Gasteiger partial charge in [-0.25, -0.2) is 0 Å². The highest BCUT2D eigenvalue weighted by molar-refractivity contribution is 6.76. The molecule has 0 radical (unpaired) electrons. The van der Waals surface area contributed by atoms with Crippen molar-refractivity contribution in [1.82, 2.24) is 0 Å². The molecule has 0 fully saturated rings. The topological polar surface area (TPSA) is 61.8 Å². The summed E-state index contributed by atoms with van der Waals surface area (Å²) in [6.45, 7) is 31.2. The zero-order chi connectivity index (χ0) is 39.8. The Morgan fingerprint density at radius 1 is 0.635 bits per heavy atom. The first-order chi connectivity index (χ1) is 24.5. The van der Waals surface area contributed by atoms with Gasteiger partial charge in [0.15, 0.2) is 16.6 Å². The van der Waals surface area contributed by atoms with Crippen molar-refractivity contribution in [2.75, 3.05) is 6.61 Å². The fourth-order valence-electron chi connectivity index (χ4n) is 7.65. The lowest BCUT2D eigenvalue weighted by atomic mass is 9.73. The van der Waals surface area contributed by atoms with Gasteiger partial charge in [0.2, 0.25) is 0 Å². The van der Waals surface area contributed by atoms with Crippen LogP contribution in [0.25, 0.3) is 0 Å². The Labute approximate surface area is 327 Å². The highest BCUT2D eigenvalue weighted by Gasteiger charge is 2.49. The van der Waals surface area contributed by atoms with E-state index in [9.17, 15) is 4.79 Å². The van der Waals surface area contributed by atoms with Gasteiger partial charge < -0.3 is 13.6 Å². The van der Waals surface area contributed by atoms with Crippen molar-refractivity contribution in [3.05, 3.63) is 0 Å². The molecule has 0 rings (SSSR count). The predicted molar refractivity (Wildman–Crippen MR) is 234 cm³/mol. The standard InChI is InChI=1S/C44H88O5Si3/c1-15-22-30-51(31-23-16-2,32-24-17-3)48-40(37-41(45)47-29-36-50(12,13)14)44(10,11)43(46)39(9)42(38(8)28-21-7)49-52(33-25-18-4,34-26-19-5)35-27-20-6/h38-40,42H,15-20,22-27,29-37H2,1-14H3/t38-,39+,40-,42-/m0/s1. The van der Waals surface area contributed by atoms with E-state index in [-0.39, 0.29) is 36.1 Å². The molecular weight excluding hydrogens is 693 g/mol. The van der Waals surface area contributed by atoms with Crippen LogP contribution in [-0.2, 0) is 23.2 Å². The molecule has 0 saturated carbocycles. The van der Waals surface area contributed by atoms with Crippen LogP contribution in [0.1, 0.15) is 160 Å². The minimum atomic E-state index is -2.28. The molecule has 0 heterocycles. The third kappa shape index (κ3) is 19.2. The molecule has 0 aliphatic carbocycles. The second-order valence-corrected chi connectivity index (χ2v) is 31.8. The van der Waals surface area contributed by atoms with Crippen molar-refractivity contribution < 1.29 is 23.2 Å². The van der Waals surface area contributed by atoms with Gasteiger partial charge >= 0.3 is 5.97 Å². The van der Waals surface area contributed by atoms with Crippen LogP contribution in [0.5, 0.6) is 0 Å². The maximum absolute atomic E-state index is 15.2. The molecule has 0 saturated heterocycles. The van der Waals surface area contributed by atoms with Gasteiger partial charge in [-0.1, -0.05) is 165 Å². The second kappa shape index (κ2) is 27.0. The Hall–Kier alpha value is -0.729. The number of Topliss-reactive ketones (excluding diaryl/α,β-unsaturated/α-hetero) is 1. The van der Waals surface area contributed by atoms with Crippen LogP contribution in [0.3, 0.4) is 0 Å². The minimum Gasteiger partial charge on any atom is -0.466 e. The molecule has 5 nitrogen and oxygen atoms in total. The van der Waals surface area contributed by atoms with Gasteiger partial charge in [-0.15, -0.1) is 5.92 Å². The monoisotopic (exact) mass is 781 g/mol. The number of hydrogen-bond donors (Lipinski definition) is 0. The lowest BCUT2D eigenvalue weighted by molar-refractivity contribution is -0.150. The van der Waals surface area contributed by atoms with Crippen LogP contribution in [0.4, 0.5) is 0 Å². The largest absolute Gasteiger partial charge is 0.466 e. The van der Waals surface area contributed by atoms with Crippen LogP contribution in [0.2, 0.25) is 61.9 Å². The molecule has 0 spiro atoms. The fraction of sp³-hybridized carbons (Fsp3) is 0.909. The van der Waals surface area contributed by atoms with E-state index in [4.69, 9.17) is 13.6 Å². The molecule has 0 aliphatic rings. The molecule has 8 heteroatoms. The van der Waals surface area contributed by atoms with Gasteiger partial charge in [0.05, 0.1) is 25.2 Å². The summed E-state index contributed by atoms with van der Waals surface area (Å²) in [6, 6.07) is 7.62. The quantitative estimate of drug-likeness (QED) is 0.0386. The maximum atomic E-state index is 15.2. The fourth-order valence-corrected chi connectivity index (χ4v) is 18.5. The van der Waals surface area contributed by atoms with Crippen molar-refractivity contribution in [3.8, 4) is 11.8 Å². The molecule has 0 N–H and O–H groups in total. The Kier molecular flexibility index (Phi) is 26.6. The van der Waals surface area contributed by atoms with E-state index in [0.717, 1.165) is 100 Å². The zero-order valence-corrected chi connectivity index (χ0v) is 40.2. The van der Waals surface area contributed by atoms with E-state index in [2.05, 4.69) is 86.9 Å². The zero-order valence-electron chi connectivity index (χ0n) is 37.2. The van der Waals surface area contributed by atoms with Crippen molar-refractivity contribution in [2.24, 2.45) is 17.3 Å². The Morgan fingerprint density at radius 3 is 1.37 bits per heavy atom. The van der Waals surface area contributed by atoms with Crippen molar-refractivity contribution >= 4 is 36.5 Å². The number of carbonyl (C=O) groups excluding carboxylic acids is 2. The molecule has 0 aromatic carbocycles. The smallest absolute Gasteiger partial charge is 0.308 e. The van der Waals surface area contributed by atoms with Crippen LogP contribution in [0.15, 0.2) is 0 Å². The van der Waals surface area contributed by atoms with Gasteiger partial charge in [0.1, 0.15) is 5.78 Å². The van der Waals surface area contributed by atoms with Gasteiger partial charge in [0.25, 0.3) is 0 Å². The summed E-state index contributed by atoms with van der Waals surface area (Å²) >= 11 is 0. The predicted octanol–water partition coefficient (Wildman–Crippen LogP) is 13.6. The van der Waals surface area contributed by atoms with Gasteiger partial charge in [0, 0.05) is 25.3 Å². The van der Waals surface area contributed by atoms with E-state index in [1.165, 1.54) is 19.3 Å². The average Bonchev–Trinajstić information content (AvgIpc) is 3.10. The van der Waals surface area contributed by atoms with Crippen molar-refractivity contribution in [2.45, 2.75) is 234 Å². The molecule has 0 unspecified atom stereocenters. The van der Waals surface area contributed by atoms with Gasteiger partial charge in [-0.3, -0.25) is 9.59 Å². The number of unbranched alkanes of at least 4 members (excludes halogenated alkanes) is 6. The molecule has 0 aromatic heterocycles. The van der Waals surface area contributed by atoms with E-state index < -0.39 is 36.2 Å². The number of rotatable bonds is 32. The maximum Gasteiger partial charge on any atom is 0.308 e. The van der Waals surface area contributed by atoms with Crippen LogP contribution >= 0.6 is 0 Å². The summed E-state index contributed by atoms with van der Waals surface area (Å²) in [5.41, 5.74) is -0.901. The molecule has 0 aliphatic heterocycles. The highest BCUT2D eigenvalue weighted by atomic mass is 28.4. The van der Waals surface area contributed by atoms with Crippen LogP contribution < -0.4 is 0 Å². The highest BCUT2D eigenvalue weighted by Crippen LogP contribution is 2.41. The average molecular weight is 781 g/mol. The molecule has 306 valence electrons. The van der Waals surface area contributed by atoms with Gasteiger partial charge in [-0.2, -0.15) is 0 Å². The summed E-state index contributed by atoms with van der Waals surface area (Å²) in [4.78, 5) is 28.9. The molecule has 4 atom stereocenters. The SMILES string of the molecule is CC#C[C@H](C)[C@H](O[Si](CCCC)(CCCC)CCCC)[C@@H](C)C(=O)C(C)(C)[C@H](CC(=O)OCC[Si](C)(C)C)O[Si](CCCC)(CCCC)CCCC. The first-order valence-corrected chi connectivity index (χ1v) is 30.7. The number of ether oxygens (including phenoxy) is 1. The van der Waals surface area contributed by atoms with Crippen molar-refractivity contribution in [1.29, 1.82) is 0 Å². The first kappa shape index (κ1) is 51.3. The number of esters is 1. The second-order valence-electron chi connectivity index (χ2n) is 18.0. The van der Waals surface area contributed by atoms with E-state index in [0.29, 0.717) is 6.61 Å². The Bertz CT molecular complexity index is 984. The summed E-state index contributed by atoms with van der Waals surface area (Å²) in [5, 5.41) is 0. The first-order valence-electron chi connectivity index (χ1n) is 21.9. The third-order valence-corrected chi connectivity index (χ3v) is 22.2. The van der Waals surface area contributed by atoms with E-state index >= 15 is 4.79 Å². The Balaban J connectivity index is 7.12. The summed E-state index contributed by atoms with van der Waals surface area (Å²) in [6.07, 6.45) is 13.0. The molecular formula is C44H88O5Si3. The Morgan fingerprint density at radius 2 is 1.02 bits per heavy atom.